The zero-order valence-electron chi connectivity index (χ0n) is 10.4. The molecule has 0 aliphatic rings. The lowest BCUT2D eigenvalue weighted by Crippen LogP contribution is -2.11. The van der Waals surface area contributed by atoms with Gasteiger partial charge in [0.25, 0.3) is 0 Å². The number of hydrogen-bond donors (Lipinski definition) is 2. The number of nitrogens with one attached hydrogen (secondary N) is 1. The molecule has 0 fully saturated rings. The number of aryl methyl sites for hydroxylation is 2. The molecule has 0 atom stereocenters. The molecule has 0 amide bonds. The number of rotatable bonds is 4. The third-order valence-corrected chi connectivity index (χ3v) is 2.86. The van der Waals surface area contributed by atoms with Gasteiger partial charge in [-0.3, -0.25) is 0 Å². The monoisotopic (exact) mass is 261 g/mol. The Morgan fingerprint density at radius 2 is 2.17 bits per heavy atom. The molecule has 18 heavy (non-hydrogen) atoms. The molecule has 1 aromatic carbocycles. The fourth-order valence-corrected chi connectivity index (χ4v) is 1.97. The van der Waals surface area contributed by atoms with Gasteiger partial charge in [-0.1, -0.05) is 17.4 Å². The second-order valence-electron chi connectivity index (χ2n) is 4.18. The number of benzene rings is 1. The predicted octanol–water partition coefficient (Wildman–Crippen LogP) is 2.54. The molecule has 2 aromatic rings. The minimum atomic E-state index is 0.422. The average Bonchev–Trinajstić information content (AvgIpc) is 2.72. The summed E-state index contributed by atoms with van der Waals surface area (Å²) in [7, 11) is 0. The zero-order valence-corrected chi connectivity index (χ0v) is 11.2. The number of thiocarbonyl (C=S) groups is 1. The van der Waals surface area contributed by atoms with E-state index in [9.17, 15) is 0 Å². The van der Waals surface area contributed by atoms with Crippen LogP contribution in [0.4, 0.5) is 5.69 Å². The van der Waals surface area contributed by atoms with Crippen molar-refractivity contribution in [3.05, 3.63) is 46.8 Å². The Kier molecular flexibility index (Phi) is 3.62. The molecule has 0 spiro atoms. The maximum atomic E-state index is 5.62. The van der Waals surface area contributed by atoms with Crippen LogP contribution in [0.15, 0.2) is 28.8 Å². The van der Waals surface area contributed by atoms with E-state index in [1.165, 1.54) is 0 Å². The van der Waals surface area contributed by atoms with E-state index < -0.39 is 0 Å². The van der Waals surface area contributed by atoms with Crippen molar-refractivity contribution in [2.45, 2.75) is 20.4 Å². The third kappa shape index (κ3) is 2.87. The van der Waals surface area contributed by atoms with Crippen LogP contribution in [-0.2, 0) is 6.54 Å². The molecule has 1 aromatic heterocycles. The van der Waals surface area contributed by atoms with Crippen LogP contribution in [0.2, 0.25) is 0 Å². The van der Waals surface area contributed by atoms with Crippen molar-refractivity contribution >= 4 is 22.9 Å². The summed E-state index contributed by atoms with van der Waals surface area (Å²) in [6, 6.07) is 7.80. The van der Waals surface area contributed by atoms with Crippen LogP contribution < -0.4 is 11.1 Å². The second kappa shape index (κ2) is 5.18. The van der Waals surface area contributed by atoms with Gasteiger partial charge in [-0.2, -0.15) is 0 Å². The van der Waals surface area contributed by atoms with Crippen LogP contribution in [-0.4, -0.2) is 10.1 Å². The fraction of sp³-hybridized carbons (Fsp3) is 0.231. The second-order valence-corrected chi connectivity index (χ2v) is 4.62. The van der Waals surface area contributed by atoms with Gasteiger partial charge in [0.1, 0.15) is 16.4 Å². The number of nitrogens with zero attached hydrogens (tertiary/aromatic N) is 1. The average molecular weight is 261 g/mol. The lowest BCUT2D eigenvalue weighted by molar-refractivity contribution is 0.391. The van der Waals surface area contributed by atoms with Crippen molar-refractivity contribution in [2.75, 3.05) is 5.32 Å². The maximum absolute atomic E-state index is 5.62. The molecule has 0 aliphatic heterocycles. The molecule has 2 rings (SSSR count). The molecule has 0 saturated heterocycles. The van der Waals surface area contributed by atoms with Crippen LogP contribution in [0.3, 0.4) is 0 Å². The van der Waals surface area contributed by atoms with Crippen molar-refractivity contribution in [2.24, 2.45) is 5.73 Å². The van der Waals surface area contributed by atoms with Gasteiger partial charge in [0.15, 0.2) is 0 Å². The summed E-state index contributed by atoms with van der Waals surface area (Å²) < 4.78 is 5.00. The van der Waals surface area contributed by atoms with Crippen LogP contribution in [0.25, 0.3) is 0 Å². The van der Waals surface area contributed by atoms with Gasteiger partial charge in [-0.05, 0) is 37.6 Å². The maximum Gasteiger partial charge on any atom is 0.133 e. The first kappa shape index (κ1) is 12.6. The first-order valence-electron chi connectivity index (χ1n) is 5.63. The Morgan fingerprint density at radius 3 is 2.72 bits per heavy atom. The van der Waals surface area contributed by atoms with Crippen molar-refractivity contribution in [1.82, 2.24) is 5.16 Å². The summed E-state index contributed by atoms with van der Waals surface area (Å²) in [5.74, 6) is 0.812. The van der Waals surface area contributed by atoms with E-state index in [2.05, 4.69) is 10.5 Å². The van der Waals surface area contributed by atoms with E-state index in [0.29, 0.717) is 11.5 Å². The van der Waals surface area contributed by atoms with E-state index in [-0.39, 0.29) is 0 Å². The number of nitrogens with two attached hydrogens (primary N) is 1. The molecule has 3 N–H and O–H groups in total. The van der Waals surface area contributed by atoms with E-state index in [4.69, 9.17) is 22.5 Å². The Morgan fingerprint density at radius 1 is 1.39 bits per heavy atom. The van der Waals surface area contributed by atoms with Crippen LogP contribution in [0, 0.1) is 13.8 Å². The molecule has 0 aliphatic carbocycles. The van der Waals surface area contributed by atoms with Gasteiger partial charge in [0.2, 0.25) is 0 Å². The molecule has 0 unspecified atom stereocenters. The molecular weight excluding hydrogens is 246 g/mol. The SMILES string of the molecule is Cc1cc(CNc2ccc(C(N)=S)c(C)c2)no1. The lowest BCUT2D eigenvalue weighted by Gasteiger charge is -2.08. The molecular formula is C13H15N3OS. The van der Waals surface area contributed by atoms with E-state index in [1.54, 1.807) is 0 Å². The Labute approximate surface area is 111 Å². The Bertz CT molecular complexity index is 577. The van der Waals surface area contributed by atoms with Crippen molar-refractivity contribution in [3.8, 4) is 0 Å². The van der Waals surface area contributed by atoms with E-state index in [1.807, 2.05) is 38.1 Å². The quantitative estimate of drug-likeness (QED) is 0.828. The van der Waals surface area contributed by atoms with Gasteiger partial charge in [-0.25, -0.2) is 0 Å². The topological polar surface area (TPSA) is 64.1 Å². The van der Waals surface area contributed by atoms with Crippen molar-refractivity contribution in [1.29, 1.82) is 0 Å². The van der Waals surface area contributed by atoms with Crippen molar-refractivity contribution in [3.63, 3.8) is 0 Å². The molecule has 1 heterocycles. The predicted molar refractivity (Wildman–Crippen MR) is 75.6 cm³/mol. The van der Waals surface area contributed by atoms with Gasteiger partial charge >= 0.3 is 0 Å². The van der Waals surface area contributed by atoms with Gasteiger partial charge in [-0.15, -0.1) is 0 Å². The fourth-order valence-electron chi connectivity index (χ4n) is 1.74. The number of anilines is 1. The molecule has 0 saturated carbocycles. The summed E-state index contributed by atoms with van der Waals surface area (Å²) in [6.07, 6.45) is 0. The number of aromatic nitrogens is 1. The highest BCUT2D eigenvalue weighted by atomic mass is 32.1. The summed E-state index contributed by atoms with van der Waals surface area (Å²) in [5.41, 5.74) is 9.48. The number of hydrogen-bond acceptors (Lipinski definition) is 4. The summed E-state index contributed by atoms with van der Waals surface area (Å²) in [6.45, 7) is 4.49. The summed E-state index contributed by atoms with van der Waals surface area (Å²) >= 11 is 4.97. The molecule has 4 nitrogen and oxygen atoms in total. The molecule has 94 valence electrons. The molecule has 0 bridgehead atoms. The molecule has 5 heteroatoms. The normalized spacial score (nSPS) is 10.3. The lowest BCUT2D eigenvalue weighted by atomic mass is 10.1. The highest BCUT2D eigenvalue weighted by molar-refractivity contribution is 7.80. The summed E-state index contributed by atoms with van der Waals surface area (Å²) in [5, 5.41) is 7.20. The van der Waals surface area contributed by atoms with Gasteiger partial charge in [0, 0.05) is 17.3 Å². The first-order chi connectivity index (χ1) is 8.56. The van der Waals surface area contributed by atoms with E-state index >= 15 is 0 Å². The summed E-state index contributed by atoms with van der Waals surface area (Å²) in [4.78, 5) is 0.422. The minimum Gasteiger partial charge on any atom is -0.389 e. The van der Waals surface area contributed by atoms with Crippen LogP contribution in [0.5, 0.6) is 0 Å². The zero-order chi connectivity index (χ0) is 13.1. The Hall–Kier alpha value is -1.88. The smallest absolute Gasteiger partial charge is 0.133 e. The van der Waals surface area contributed by atoms with Crippen LogP contribution >= 0.6 is 12.2 Å². The highest BCUT2D eigenvalue weighted by Crippen LogP contribution is 2.16. The molecule has 0 radical (unpaired) electrons. The third-order valence-electron chi connectivity index (χ3n) is 2.64. The highest BCUT2D eigenvalue weighted by Gasteiger charge is 2.04. The van der Waals surface area contributed by atoms with Crippen LogP contribution in [0.1, 0.15) is 22.6 Å². The van der Waals surface area contributed by atoms with E-state index in [0.717, 1.165) is 28.3 Å². The standard InChI is InChI=1S/C13H15N3OS/c1-8-5-10(3-4-12(8)13(14)18)15-7-11-6-9(2)17-16-11/h3-6,15H,7H2,1-2H3,(H2,14,18). The first-order valence-corrected chi connectivity index (χ1v) is 6.03. The van der Waals surface area contributed by atoms with Gasteiger partial charge in [0.05, 0.1) is 6.54 Å². The van der Waals surface area contributed by atoms with Crippen molar-refractivity contribution < 1.29 is 4.52 Å². The Balaban J connectivity index is 2.06. The minimum absolute atomic E-state index is 0.422. The van der Waals surface area contributed by atoms with Gasteiger partial charge < -0.3 is 15.6 Å². The largest absolute Gasteiger partial charge is 0.389 e.